The first-order valence-electron chi connectivity index (χ1n) is 8.75. The van der Waals surface area contributed by atoms with Crippen LogP contribution < -0.4 is 5.32 Å². The average Bonchev–Trinajstić information content (AvgIpc) is 3.11. The van der Waals surface area contributed by atoms with Gasteiger partial charge >= 0.3 is 5.69 Å². The highest BCUT2D eigenvalue weighted by atomic mass is 16.6. The van der Waals surface area contributed by atoms with Gasteiger partial charge in [-0.1, -0.05) is 18.2 Å². The van der Waals surface area contributed by atoms with Crippen LogP contribution in [0.15, 0.2) is 36.7 Å². The molecule has 0 atom stereocenters. The number of nitrogens with zero attached hydrogens (tertiary/aromatic N) is 4. The standard InChI is InChI=1S/C18H21N5O4/c1-13-4-2-3-5-16(13)18(25)20-14-6-8-21(9-7-14)17(24)12-22-11-15(10-19-22)23(26)27/h2-5,10-11,14H,6-9,12H2,1H3,(H,20,25). The quantitative estimate of drug-likeness (QED) is 0.633. The van der Waals surface area contributed by atoms with E-state index < -0.39 is 4.92 Å². The fraction of sp³-hybridized carbons (Fsp3) is 0.389. The molecule has 1 aliphatic heterocycles. The third kappa shape index (κ3) is 4.49. The summed E-state index contributed by atoms with van der Waals surface area (Å²) in [5.74, 6) is -0.238. The van der Waals surface area contributed by atoms with Gasteiger partial charge in [0.25, 0.3) is 5.91 Å². The van der Waals surface area contributed by atoms with Crippen molar-refractivity contribution in [3.05, 3.63) is 57.9 Å². The Bertz CT molecular complexity index is 855. The van der Waals surface area contributed by atoms with Gasteiger partial charge in [-0.2, -0.15) is 5.10 Å². The normalized spacial score (nSPS) is 14.8. The van der Waals surface area contributed by atoms with Crippen LogP contribution in [0, 0.1) is 17.0 Å². The van der Waals surface area contributed by atoms with Crippen molar-refractivity contribution >= 4 is 17.5 Å². The van der Waals surface area contributed by atoms with E-state index in [1.165, 1.54) is 10.9 Å². The molecule has 27 heavy (non-hydrogen) atoms. The van der Waals surface area contributed by atoms with E-state index >= 15 is 0 Å². The molecule has 0 saturated carbocycles. The van der Waals surface area contributed by atoms with Gasteiger partial charge in [0.05, 0.1) is 4.92 Å². The number of hydrogen-bond acceptors (Lipinski definition) is 5. The van der Waals surface area contributed by atoms with Crippen molar-refractivity contribution < 1.29 is 14.5 Å². The van der Waals surface area contributed by atoms with Gasteiger partial charge in [0, 0.05) is 24.7 Å². The van der Waals surface area contributed by atoms with Crippen LogP contribution in [0.2, 0.25) is 0 Å². The van der Waals surface area contributed by atoms with E-state index in [-0.39, 0.29) is 30.1 Å². The summed E-state index contributed by atoms with van der Waals surface area (Å²) in [6.45, 7) is 2.92. The van der Waals surface area contributed by atoms with Crippen LogP contribution in [0.3, 0.4) is 0 Å². The largest absolute Gasteiger partial charge is 0.349 e. The van der Waals surface area contributed by atoms with Gasteiger partial charge in [0.2, 0.25) is 5.91 Å². The third-order valence-corrected chi connectivity index (χ3v) is 4.70. The molecule has 2 aromatic rings. The summed E-state index contributed by atoms with van der Waals surface area (Å²) >= 11 is 0. The lowest BCUT2D eigenvalue weighted by Crippen LogP contribution is -2.47. The number of aromatic nitrogens is 2. The molecule has 1 N–H and O–H groups in total. The Hall–Kier alpha value is -3.23. The van der Waals surface area contributed by atoms with E-state index in [0.29, 0.717) is 31.5 Å². The number of rotatable bonds is 5. The number of nitro groups is 1. The van der Waals surface area contributed by atoms with E-state index in [0.717, 1.165) is 11.8 Å². The Balaban J connectivity index is 1.49. The molecule has 0 spiro atoms. The second-order valence-electron chi connectivity index (χ2n) is 6.60. The van der Waals surface area contributed by atoms with Crippen LogP contribution in [0.5, 0.6) is 0 Å². The highest BCUT2D eigenvalue weighted by molar-refractivity contribution is 5.95. The van der Waals surface area contributed by atoms with Gasteiger partial charge in [-0.15, -0.1) is 0 Å². The molecule has 1 aromatic carbocycles. The van der Waals surface area contributed by atoms with Crippen molar-refractivity contribution in [1.29, 1.82) is 0 Å². The number of likely N-dealkylation sites (tertiary alicyclic amines) is 1. The van der Waals surface area contributed by atoms with Crippen LogP contribution in [0.1, 0.15) is 28.8 Å². The van der Waals surface area contributed by atoms with Crippen molar-refractivity contribution in [2.45, 2.75) is 32.4 Å². The van der Waals surface area contributed by atoms with Crippen LogP contribution in [0.25, 0.3) is 0 Å². The summed E-state index contributed by atoms with van der Waals surface area (Å²) in [5.41, 5.74) is 1.45. The van der Waals surface area contributed by atoms with Gasteiger partial charge in [-0.3, -0.25) is 24.4 Å². The number of piperidine rings is 1. The number of benzene rings is 1. The van der Waals surface area contributed by atoms with Crippen molar-refractivity contribution in [3.63, 3.8) is 0 Å². The van der Waals surface area contributed by atoms with Crippen LogP contribution in [0.4, 0.5) is 5.69 Å². The second kappa shape index (κ2) is 7.98. The van der Waals surface area contributed by atoms with Crippen molar-refractivity contribution in [2.24, 2.45) is 0 Å². The predicted molar refractivity (Wildman–Crippen MR) is 97.1 cm³/mol. The topological polar surface area (TPSA) is 110 Å². The smallest absolute Gasteiger partial charge is 0.307 e. The average molecular weight is 371 g/mol. The Morgan fingerprint density at radius 2 is 2.00 bits per heavy atom. The Morgan fingerprint density at radius 3 is 2.63 bits per heavy atom. The molecule has 142 valence electrons. The number of aryl methyl sites for hydroxylation is 1. The molecule has 0 radical (unpaired) electrons. The molecule has 0 bridgehead atoms. The number of amides is 2. The lowest BCUT2D eigenvalue weighted by molar-refractivity contribution is -0.385. The monoisotopic (exact) mass is 371 g/mol. The Kier molecular flexibility index (Phi) is 5.49. The molecular weight excluding hydrogens is 350 g/mol. The maximum absolute atomic E-state index is 12.4. The highest BCUT2D eigenvalue weighted by Crippen LogP contribution is 2.14. The van der Waals surface area contributed by atoms with E-state index in [9.17, 15) is 19.7 Å². The lowest BCUT2D eigenvalue weighted by atomic mass is 10.0. The molecule has 1 aliphatic rings. The molecular formula is C18H21N5O4. The summed E-state index contributed by atoms with van der Waals surface area (Å²) in [4.78, 5) is 36.6. The van der Waals surface area contributed by atoms with Crippen LogP contribution in [-0.4, -0.2) is 50.5 Å². The van der Waals surface area contributed by atoms with Gasteiger partial charge in [0.15, 0.2) is 0 Å². The Labute approximate surface area is 156 Å². The van der Waals surface area contributed by atoms with Crippen molar-refractivity contribution in [1.82, 2.24) is 20.0 Å². The minimum Gasteiger partial charge on any atom is -0.349 e. The molecule has 9 nitrogen and oxygen atoms in total. The van der Waals surface area contributed by atoms with Gasteiger partial charge < -0.3 is 10.2 Å². The van der Waals surface area contributed by atoms with E-state index in [1.54, 1.807) is 11.0 Å². The predicted octanol–water partition coefficient (Wildman–Crippen LogP) is 1.52. The molecule has 0 unspecified atom stereocenters. The fourth-order valence-electron chi connectivity index (χ4n) is 3.14. The highest BCUT2D eigenvalue weighted by Gasteiger charge is 2.25. The van der Waals surface area contributed by atoms with Gasteiger partial charge in [-0.05, 0) is 31.4 Å². The molecule has 1 saturated heterocycles. The molecule has 1 aromatic heterocycles. The Morgan fingerprint density at radius 1 is 1.30 bits per heavy atom. The summed E-state index contributed by atoms with van der Waals surface area (Å²) in [7, 11) is 0. The van der Waals surface area contributed by atoms with Crippen LogP contribution >= 0.6 is 0 Å². The lowest BCUT2D eigenvalue weighted by Gasteiger charge is -2.32. The van der Waals surface area contributed by atoms with Gasteiger partial charge in [-0.25, -0.2) is 0 Å². The number of carbonyl (C=O) groups excluding carboxylic acids is 2. The molecule has 2 amide bonds. The molecule has 3 rings (SSSR count). The summed E-state index contributed by atoms with van der Waals surface area (Å²) < 4.78 is 1.27. The van der Waals surface area contributed by atoms with Crippen molar-refractivity contribution in [3.8, 4) is 0 Å². The van der Waals surface area contributed by atoms with E-state index in [2.05, 4.69) is 10.4 Å². The summed E-state index contributed by atoms with van der Waals surface area (Å²) in [6, 6.07) is 7.45. The van der Waals surface area contributed by atoms with Crippen molar-refractivity contribution in [2.75, 3.05) is 13.1 Å². The first-order chi connectivity index (χ1) is 12.9. The molecule has 1 fully saturated rings. The SMILES string of the molecule is Cc1ccccc1C(=O)NC1CCN(C(=O)Cn2cc([N+](=O)[O-])cn2)CC1. The number of nitrogens with one attached hydrogen (secondary N) is 1. The molecule has 9 heteroatoms. The van der Waals surface area contributed by atoms with Crippen LogP contribution in [-0.2, 0) is 11.3 Å². The third-order valence-electron chi connectivity index (χ3n) is 4.70. The minimum absolute atomic E-state index is 0.0203. The maximum Gasteiger partial charge on any atom is 0.307 e. The zero-order chi connectivity index (χ0) is 19.4. The zero-order valence-electron chi connectivity index (χ0n) is 15.0. The first kappa shape index (κ1) is 18.6. The van der Waals surface area contributed by atoms with Gasteiger partial charge in [0.1, 0.15) is 18.9 Å². The first-order valence-corrected chi connectivity index (χ1v) is 8.75. The van der Waals surface area contributed by atoms with E-state index in [1.807, 2.05) is 25.1 Å². The fourth-order valence-corrected chi connectivity index (χ4v) is 3.14. The zero-order valence-corrected chi connectivity index (χ0v) is 15.0. The summed E-state index contributed by atoms with van der Waals surface area (Å²) in [5, 5.41) is 17.5. The molecule has 2 heterocycles. The molecule has 0 aliphatic carbocycles. The number of hydrogen-bond donors (Lipinski definition) is 1. The maximum atomic E-state index is 12.4. The second-order valence-corrected chi connectivity index (χ2v) is 6.60. The summed E-state index contributed by atoms with van der Waals surface area (Å²) in [6.07, 6.45) is 3.71. The minimum atomic E-state index is -0.545. The number of carbonyl (C=O) groups is 2. The van der Waals surface area contributed by atoms with E-state index in [4.69, 9.17) is 0 Å².